The molecule has 3 aliphatic heterocycles. The number of fused-ring (bicyclic) bond motifs is 1. The molecule has 0 bridgehead atoms. The number of likely N-dealkylation sites (tertiary alicyclic amines) is 1. The summed E-state index contributed by atoms with van der Waals surface area (Å²) in [6.07, 6.45) is 4.78. The van der Waals surface area contributed by atoms with Gasteiger partial charge in [0, 0.05) is 63.8 Å². The number of aromatic nitrogens is 1. The van der Waals surface area contributed by atoms with Gasteiger partial charge in [-0.05, 0) is 42.5 Å². The summed E-state index contributed by atoms with van der Waals surface area (Å²) in [7, 11) is 3.01. The monoisotopic (exact) mass is 534 g/mol. The number of carbonyl (C=O) groups excluding carboxylic acids is 1. The molecule has 3 fully saturated rings. The Balaban J connectivity index is 1.44. The van der Waals surface area contributed by atoms with Crippen molar-refractivity contribution in [2.45, 2.75) is 49.8 Å². The minimum Gasteiger partial charge on any atom is -0.383 e. The summed E-state index contributed by atoms with van der Waals surface area (Å²) in [6.45, 7) is 0.933. The molecule has 38 heavy (non-hydrogen) atoms. The Hall–Kier alpha value is -2.30. The second kappa shape index (κ2) is 10.7. The number of dihydropyridines is 1. The maximum absolute atomic E-state index is 14.1. The molecule has 0 radical (unpaired) electrons. The molecule has 1 aromatic heterocycles. The van der Waals surface area contributed by atoms with Gasteiger partial charge in [-0.15, -0.1) is 0 Å². The van der Waals surface area contributed by atoms with Gasteiger partial charge in [0.2, 0.25) is 5.91 Å². The summed E-state index contributed by atoms with van der Waals surface area (Å²) in [6, 6.07) is 4.03. The van der Waals surface area contributed by atoms with Gasteiger partial charge in [0.15, 0.2) is 0 Å². The molecular weight excluding hydrogens is 497 g/mol. The third-order valence-electron chi connectivity index (χ3n) is 9.19. The number of methoxy groups -OCH3 is 2. The summed E-state index contributed by atoms with van der Waals surface area (Å²) in [5.41, 5.74) is -0.272. The fraction of sp³-hybridized carbons (Fsp3) is 0.679. The van der Waals surface area contributed by atoms with Gasteiger partial charge in [-0.3, -0.25) is 14.8 Å². The Kier molecular flexibility index (Phi) is 7.68. The average Bonchev–Trinajstić information content (AvgIpc) is 3.42. The first-order valence-electron chi connectivity index (χ1n) is 13.5. The maximum atomic E-state index is 14.1. The Morgan fingerprint density at radius 1 is 1.26 bits per heavy atom. The van der Waals surface area contributed by atoms with Crippen molar-refractivity contribution in [3.05, 3.63) is 41.7 Å². The topological polar surface area (TPSA) is 76.0 Å². The van der Waals surface area contributed by atoms with Crippen molar-refractivity contribution in [2.24, 2.45) is 22.2 Å². The first kappa shape index (κ1) is 27.3. The van der Waals surface area contributed by atoms with Gasteiger partial charge in [0.05, 0.1) is 25.2 Å². The minimum atomic E-state index is -4.50. The highest BCUT2D eigenvalue weighted by molar-refractivity contribution is 6.03. The van der Waals surface area contributed by atoms with Gasteiger partial charge in [-0.1, -0.05) is 25.0 Å². The molecule has 0 aromatic carbocycles. The first-order chi connectivity index (χ1) is 18.3. The van der Waals surface area contributed by atoms with Crippen LogP contribution in [0.25, 0.3) is 0 Å². The summed E-state index contributed by atoms with van der Waals surface area (Å²) in [5.74, 6) is -0.332. The quantitative estimate of drug-likeness (QED) is 0.604. The molecule has 5 rings (SSSR count). The van der Waals surface area contributed by atoms with Crippen LogP contribution < -0.4 is 5.32 Å². The van der Waals surface area contributed by atoms with Gasteiger partial charge in [0.25, 0.3) is 0 Å². The number of aliphatic imine (C=N–C) groups is 1. The number of carbonyl (C=O) groups is 1. The lowest BCUT2D eigenvalue weighted by molar-refractivity contribution is -0.215. The number of rotatable bonds is 6. The van der Waals surface area contributed by atoms with Crippen LogP contribution in [0.15, 0.2) is 41.2 Å². The van der Waals surface area contributed by atoms with Crippen molar-refractivity contribution >= 4 is 11.6 Å². The number of nitrogens with zero attached hydrogens (tertiary/aromatic N) is 3. The predicted molar refractivity (Wildman–Crippen MR) is 137 cm³/mol. The van der Waals surface area contributed by atoms with Crippen molar-refractivity contribution in [3.63, 3.8) is 0 Å². The second-order valence-electron chi connectivity index (χ2n) is 11.2. The van der Waals surface area contributed by atoms with E-state index in [1.165, 1.54) is 13.2 Å². The SMILES string of the molecule is COCC1(C(F)(F)F)C=C2CN(C(=O)C3CNCC3C3(c4cccnc4)CCCCC3OC)CCC2=NC1. The molecule has 0 spiro atoms. The predicted octanol–water partition coefficient (Wildman–Crippen LogP) is 3.55. The summed E-state index contributed by atoms with van der Waals surface area (Å²) in [5, 5.41) is 3.46. The fourth-order valence-electron chi connectivity index (χ4n) is 7.30. The van der Waals surface area contributed by atoms with Crippen LogP contribution in [0, 0.1) is 17.3 Å². The maximum Gasteiger partial charge on any atom is 0.401 e. The summed E-state index contributed by atoms with van der Waals surface area (Å²) < 4.78 is 53.3. The van der Waals surface area contributed by atoms with Crippen molar-refractivity contribution < 1.29 is 27.4 Å². The molecule has 4 heterocycles. The van der Waals surface area contributed by atoms with E-state index in [0.717, 1.165) is 31.2 Å². The highest BCUT2D eigenvalue weighted by Gasteiger charge is 2.56. The number of hydrogen-bond acceptors (Lipinski definition) is 6. The zero-order valence-electron chi connectivity index (χ0n) is 22.1. The highest BCUT2D eigenvalue weighted by Crippen LogP contribution is 2.50. The van der Waals surface area contributed by atoms with E-state index in [4.69, 9.17) is 9.47 Å². The normalized spacial score (nSPS) is 33.9. The minimum absolute atomic E-state index is 0.0115. The zero-order valence-corrected chi connectivity index (χ0v) is 22.1. The van der Waals surface area contributed by atoms with Crippen molar-refractivity contribution in [3.8, 4) is 0 Å². The van der Waals surface area contributed by atoms with Crippen LogP contribution in [0.4, 0.5) is 13.2 Å². The van der Waals surface area contributed by atoms with Crippen LogP contribution in [-0.2, 0) is 19.7 Å². The van der Waals surface area contributed by atoms with Crippen molar-refractivity contribution in [2.75, 3.05) is 53.6 Å². The first-order valence-corrected chi connectivity index (χ1v) is 13.5. The van der Waals surface area contributed by atoms with E-state index in [0.29, 0.717) is 37.3 Å². The van der Waals surface area contributed by atoms with Crippen molar-refractivity contribution in [1.29, 1.82) is 0 Å². The summed E-state index contributed by atoms with van der Waals surface area (Å²) in [4.78, 5) is 24.5. The third-order valence-corrected chi connectivity index (χ3v) is 9.19. The molecule has 1 aromatic rings. The Bertz CT molecular complexity index is 1080. The van der Waals surface area contributed by atoms with E-state index in [9.17, 15) is 18.0 Å². The third kappa shape index (κ3) is 4.58. The molecule has 2 saturated heterocycles. The van der Waals surface area contributed by atoms with Crippen LogP contribution in [0.3, 0.4) is 0 Å². The number of nitrogens with one attached hydrogen (secondary N) is 1. The van der Waals surface area contributed by atoms with Gasteiger partial charge in [0.1, 0.15) is 5.41 Å². The smallest absolute Gasteiger partial charge is 0.383 e. The largest absolute Gasteiger partial charge is 0.401 e. The number of ether oxygens (including phenoxy) is 2. The van der Waals surface area contributed by atoms with Gasteiger partial charge < -0.3 is 19.7 Å². The molecule has 5 atom stereocenters. The average molecular weight is 535 g/mol. The van der Waals surface area contributed by atoms with Gasteiger partial charge in [-0.25, -0.2) is 0 Å². The zero-order chi connectivity index (χ0) is 27.0. The molecular formula is C28H37F3N4O3. The lowest BCUT2D eigenvalue weighted by Gasteiger charge is -2.49. The van der Waals surface area contributed by atoms with Crippen molar-refractivity contribution in [1.82, 2.24) is 15.2 Å². The molecule has 208 valence electrons. The van der Waals surface area contributed by atoms with Gasteiger partial charge >= 0.3 is 6.18 Å². The molecule has 4 aliphatic rings. The standard InChI is InChI=1S/C28H37F3N4O3/c1-37-18-26(28(29,30)31)12-19-16-35(11-8-23(19)34-17-26)25(36)21-14-33-15-22(21)27(20-6-5-10-32-13-20)9-4-3-7-24(27)38-2/h5-6,10,12-13,21-22,24,33H,3-4,7-9,11,14-18H2,1-2H3. The van der Waals surface area contributed by atoms with E-state index in [1.54, 1.807) is 18.2 Å². The number of amides is 1. The molecule has 10 heteroatoms. The van der Waals surface area contributed by atoms with E-state index < -0.39 is 18.2 Å². The Morgan fingerprint density at radius 3 is 2.82 bits per heavy atom. The van der Waals surface area contributed by atoms with E-state index in [-0.39, 0.29) is 42.4 Å². The van der Waals surface area contributed by atoms with Gasteiger partial charge in [-0.2, -0.15) is 13.2 Å². The summed E-state index contributed by atoms with van der Waals surface area (Å²) >= 11 is 0. The number of halogens is 3. The van der Waals surface area contributed by atoms with Crippen LogP contribution in [0.1, 0.15) is 37.7 Å². The molecule has 5 unspecified atom stereocenters. The molecule has 1 aliphatic carbocycles. The Labute approximate surface area is 221 Å². The van der Waals surface area contributed by atoms with E-state index in [1.807, 2.05) is 12.3 Å². The van der Waals surface area contributed by atoms with Crippen LogP contribution >= 0.6 is 0 Å². The molecule has 7 nitrogen and oxygen atoms in total. The number of alkyl halides is 3. The van der Waals surface area contributed by atoms with E-state index in [2.05, 4.69) is 21.4 Å². The lowest BCUT2D eigenvalue weighted by Crippen LogP contribution is -2.55. The second-order valence-corrected chi connectivity index (χ2v) is 11.2. The molecule has 1 N–H and O–H groups in total. The van der Waals surface area contributed by atoms with E-state index >= 15 is 0 Å². The lowest BCUT2D eigenvalue weighted by atomic mass is 9.58. The van der Waals surface area contributed by atoms with Crippen LogP contribution in [-0.4, -0.2) is 87.3 Å². The Morgan fingerprint density at radius 2 is 2.11 bits per heavy atom. The number of hydrogen-bond donors (Lipinski definition) is 1. The highest BCUT2D eigenvalue weighted by atomic mass is 19.4. The molecule has 1 saturated carbocycles. The van der Waals surface area contributed by atoms with Crippen LogP contribution in [0.2, 0.25) is 0 Å². The van der Waals surface area contributed by atoms with Crippen LogP contribution in [0.5, 0.6) is 0 Å². The molecule has 1 amide bonds. The number of pyridine rings is 1. The number of piperidine rings is 1. The fourth-order valence-corrected chi connectivity index (χ4v) is 7.30.